The van der Waals surface area contributed by atoms with Crippen LogP contribution in [-0.4, -0.2) is 10.8 Å². The van der Waals surface area contributed by atoms with E-state index in [1.165, 1.54) is 77.7 Å². The first kappa shape index (κ1) is 31.0. The summed E-state index contributed by atoms with van der Waals surface area (Å²) < 4.78 is 2.43. The molecule has 0 spiro atoms. The molecule has 0 saturated heterocycles. The van der Waals surface area contributed by atoms with Gasteiger partial charge in [0.25, 0.3) is 0 Å². The van der Waals surface area contributed by atoms with Crippen LogP contribution in [-0.2, 0) is 6.42 Å². The summed E-state index contributed by atoms with van der Waals surface area (Å²) in [7, 11) is 0. The van der Waals surface area contributed by atoms with Gasteiger partial charge in [-0.3, -0.25) is 0 Å². The lowest BCUT2D eigenvalue weighted by Gasteiger charge is -2.12. The van der Waals surface area contributed by atoms with E-state index < -0.39 is 0 Å². The van der Waals surface area contributed by atoms with Gasteiger partial charge < -0.3 is 9.98 Å². The highest BCUT2D eigenvalue weighted by atomic mass is 15.0. The highest BCUT2D eigenvalue weighted by Crippen LogP contribution is 2.39. The Hall–Kier alpha value is -5.99. The lowest BCUT2D eigenvalue weighted by atomic mass is 9.96. The maximum absolute atomic E-state index is 7.27. The molecule has 7 rings (SSSR count). The van der Waals surface area contributed by atoms with Crippen LogP contribution >= 0.6 is 0 Å². The van der Waals surface area contributed by atoms with Crippen molar-refractivity contribution >= 4 is 44.4 Å². The zero-order chi connectivity index (χ0) is 32.8. The van der Waals surface area contributed by atoms with E-state index >= 15 is 0 Å². The summed E-state index contributed by atoms with van der Waals surface area (Å²) in [6.45, 7) is 12.0. The predicted octanol–water partition coefficient (Wildman–Crippen LogP) is 12.4. The quantitative estimate of drug-likeness (QED) is 0.101. The maximum atomic E-state index is 7.27. The first-order valence-corrected chi connectivity index (χ1v) is 15.9. The number of hydrogen-bond acceptors (Lipinski definition) is 1. The second-order valence-corrected chi connectivity index (χ2v) is 11.5. The minimum Gasteiger partial charge on any atom is -0.309 e. The fourth-order valence-corrected chi connectivity index (χ4v) is 6.41. The molecule has 0 amide bonds. The Bertz CT molecular complexity index is 2300. The molecule has 1 N–H and O–H groups in total. The van der Waals surface area contributed by atoms with Gasteiger partial charge in [-0.1, -0.05) is 122 Å². The predicted molar refractivity (Wildman–Crippen MR) is 206 cm³/mol. The van der Waals surface area contributed by atoms with Crippen molar-refractivity contribution < 1.29 is 0 Å². The zero-order valence-electron chi connectivity index (χ0n) is 26.8. The Balaban J connectivity index is 0.00000190. The van der Waals surface area contributed by atoms with Crippen molar-refractivity contribution in [1.29, 1.82) is 5.41 Å². The number of fused-ring (bicyclic) bond motifs is 5. The van der Waals surface area contributed by atoms with Crippen LogP contribution in [0.1, 0.15) is 18.1 Å². The van der Waals surface area contributed by atoms with E-state index in [-0.39, 0.29) is 0 Å². The summed E-state index contributed by atoms with van der Waals surface area (Å²) in [5.41, 5.74) is 12.0. The molecular weight excluding hydrogens is 569 g/mol. The highest BCUT2D eigenvalue weighted by molar-refractivity contribution is 6.19. The summed E-state index contributed by atoms with van der Waals surface area (Å²) in [4.78, 5) is 0. The van der Waals surface area contributed by atoms with Gasteiger partial charge in [-0.25, -0.2) is 0 Å². The van der Waals surface area contributed by atoms with Gasteiger partial charge in [-0.2, -0.15) is 0 Å². The fourth-order valence-electron chi connectivity index (χ4n) is 6.41. The molecule has 0 aliphatic heterocycles. The molecule has 0 unspecified atom stereocenters. The molecule has 2 nitrogen and oxygen atoms in total. The Morgan fingerprint density at radius 1 is 0.681 bits per heavy atom. The minimum absolute atomic E-state index is 0.805. The Morgan fingerprint density at radius 2 is 1.36 bits per heavy atom. The number of hydrogen-bond donors (Lipinski definition) is 1. The van der Waals surface area contributed by atoms with Crippen LogP contribution in [0.15, 0.2) is 171 Å². The summed E-state index contributed by atoms with van der Waals surface area (Å²) >= 11 is 0. The standard InChI is InChI=1S/C43H34N2.C2H4/c1-3-11-30(2)32-14-10-16-34(27-32)35-19-22-39-37(28-35)21-24-41-40-23-20-36(33-15-9-13-31(26-33)12-7-8-25-44)29-42(40)45(43(39)41)38-17-5-4-6-18-38;1-2/h3-11,13-29,44H,1,12H2,2H3;1-2H2/b8-7-,30-11+,44-25?;. The molecule has 2 heteroatoms. The third kappa shape index (κ3) is 6.14. The van der Waals surface area contributed by atoms with Gasteiger partial charge >= 0.3 is 0 Å². The molecule has 0 atom stereocenters. The van der Waals surface area contributed by atoms with Crippen molar-refractivity contribution in [2.45, 2.75) is 13.3 Å². The number of nitrogens with one attached hydrogen (secondary N) is 1. The van der Waals surface area contributed by atoms with E-state index in [2.05, 4.69) is 165 Å². The topological polar surface area (TPSA) is 28.8 Å². The molecule has 47 heavy (non-hydrogen) atoms. The second-order valence-electron chi connectivity index (χ2n) is 11.5. The number of rotatable bonds is 8. The van der Waals surface area contributed by atoms with Gasteiger partial charge in [0.05, 0.1) is 11.0 Å². The van der Waals surface area contributed by atoms with E-state index in [1.807, 2.05) is 12.2 Å². The Kier molecular flexibility index (Phi) is 9.22. The molecule has 0 saturated carbocycles. The van der Waals surface area contributed by atoms with Crippen molar-refractivity contribution in [2.75, 3.05) is 0 Å². The number of para-hydroxylation sites is 1. The molecule has 1 heterocycles. The van der Waals surface area contributed by atoms with E-state index in [9.17, 15) is 0 Å². The highest BCUT2D eigenvalue weighted by Gasteiger charge is 2.16. The zero-order valence-corrected chi connectivity index (χ0v) is 26.8. The first-order valence-electron chi connectivity index (χ1n) is 15.9. The van der Waals surface area contributed by atoms with Crippen LogP contribution in [0.4, 0.5) is 0 Å². The van der Waals surface area contributed by atoms with Gasteiger partial charge in [-0.15, -0.1) is 13.2 Å². The van der Waals surface area contributed by atoms with Crippen molar-refractivity contribution in [1.82, 2.24) is 4.57 Å². The largest absolute Gasteiger partial charge is 0.309 e. The molecule has 0 fully saturated rings. The Labute approximate surface area is 277 Å². The molecule has 0 radical (unpaired) electrons. The normalized spacial score (nSPS) is 11.6. The van der Waals surface area contributed by atoms with Crippen LogP contribution in [0.2, 0.25) is 0 Å². The van der Waals surface area contributed by atoms with Gasteiger partial charge in [0.1, 0.15) is 0 Å². The summed E-state index contributed by atoms with van der Waals surface area (Å²) in [6, 6.07) is 46.4. The monoisotopic (exact) mass is 606 g/mol. The summed E-state index contributed by atoms with van der Waals surface area (Å²) in [5, 5.41) is 12.2. The van der Waals surface area contributed by atoms with Crippen LogP contribution in [0.3, 0.4) is 0 Å². The number of aromatic nitrogens is 1. The van der Waals surface area contributed by atoms with Crippen LogP contribution in [0.25, 0.3) is 66.1 Å². The second kappa shape index (κ2) is 14.0. The lowest BCUT2D eigenvalue weighted by molar-refractivity contribution is 1.19. The van der Waals surface area contributed by atoms with Crippen LogP contribution in [0, 0.1) is 5.41 Å². The summed E-state index contributed by atoms with van der Waals surface area (Å²) in [5.74, 6) is 0. The molecule has 7 aromatic rings. The van der Waals surface area contributed by atoms with Gasteiger partial charge in [0.15, 0.2) is 0 Å². The Morgan fingerprint density at radius 3 is 2.13 bits per heavy atom. The van der Waals surface area contributed by atoms with Gasteiger partial charge in [0.2, 0.25) is 0 Å². The molecule has 0 aliphatic rings. The lowest BCUT2D eigenvalue weighted by Crippen LogP contribution is -1.94. The first-order chi connectivity index (χ1) is 23.1. The number of allylic oxidation sites excluding steroid dienone is 5. The fraction of sp³-hybridized carbons (Fsp3) is 0.0444. The van der Waals surface area contributed by atoms with Crippen molar-refractivity contribution in [3.63, 3.8) is 0 Å². The SMILES string of the molecule is C=C.C=C/C=C(\C)c1cccc(-c2ccc3c(ccc4c5ccc(-c6cccc(C/C=C\C=N)c6)cc5n(-c5ccccc5)c34)c2)c1. The van der Waals surface area contributed by atoms with E-state index in [1.54, 1.807) is 6.08 Å². The average molecular weight is 607 g/mol. The third-order valence-electron chi connectivity index (χ3n) is 8.62. The van der Waals surface area contributed by atoms with Crippen molar-refractivity contribution in [3.05, 3.63) is 183 Å². The van der Waals surface area contributed by atoms with Crippen LogP contribution in [0.5, 0.6) is 0 Å². The minimum atomic E-state index is 0.805. The smallest absolute Gasteiger partial charge is 0.0619 e. The molecular formula is C45H38N2. The third-order valence-corrected chi connectivity index (χ3v) is 8.62. The van der Waals surface area contributed by atoms with E-state index in [0.717, 1.165) is 12.1 Å². The molecule has 6 aromatic carbocycles. The van der Waals surface area contributed by atoms with Crippen molar-refractivity contribution in [2.24, 2.45) is 0 Å². The molecule has 0 aliphatic carbocycles. The van der Waals surface area contributed by atoms with Crippen LogP contribution < -0.4 is 0 Å². The molecule has 228 valence electrons. The molecule has 0 bridgehead atoms. The number of benzene rings is 6. The summed E-state index contributed by atoms with van der Waals surface area (Å²) in [6.07, 6.45) is 9.83. The average Bonchev–Trinajstić information content (AvgIpc) is 3.47. The number of nitrogens with zero attached hydrogens (tertiary/aromatic N) is 1. The van der Waals surface area contributed by atoms with Gasteiger partial charge in [-0.05, 0) is 94.1 Å². The van der Waals surface area contributed by atoms with Gasteiger partial charge in [0, 0.05) is 28.1 Å². The van der Waals surface area contributed by atoms with E-state index in [0.29, 0.717) is 0 Å². The van der Waals surface area contributed by atoms with Crippen molar-refractivity contribution in [3.8, 4) is 27.9 Å². The molecule has 1 aromatic heterocycles. The van der Waals surface area contributed by atoms with E-state index in [4.69, 9.17) is 5.41 Å². The maximum Gasteiger partial charge on any atom is 0.0619 e.